The first-order valence-electron chi connectivity index (χ1n) is 3.47. The van der Waals surface area contributed by atoms with Gasteiger partial charge in [-0.1, -0.05) is 6.08 Å². The first-order chi connectivity index (χ1) is 6.02. The van der Waals surface area contributed by atoms with Crippen LogP contribution in [-0.4, -0.2) is 27.2 Å². The van der Waals surface area contributed by atoms with Crippen molar-refractivity contribution in [2.24, 2.45) is 5.92 Å². The number of nitrogens with zero attached hydrogens (tertiary/aromatic N) is 1. The Balaban J connectivity index is 2.85. The van der Waals surface area contributed by atoms with Crippen molar-refractivity contribution in [3.05, 3.63) is 34.0 Å². The summed E-state index contributed by atoms with van der Waals surface area (Å²) in [6, 6.07) is 0. The molecule has 0 radical (unpaired) electrons. The summed E-state index contributed by atoms with van der Waals surface area (Å²) in [5, 5.41) is 27.9. The zero-order chi connectivity index (χ0) is 10.0. The average Bonchev–Trinajstić information content (AvgIpc) is 2.03. The Morgan fingerprint density at radius 2 is 2.23 bits per heavy atom. The fourth-order valence-electron chi connectivity index (χ4n) is 1.00. The van der Waals surface area contributed by atoms with Crippen LogP contribution in [0.1, 0.15) is 0 Å². The maximum atomic E-state index is 10.4. The van der Waals surface area contributed by atoms with Gasteiger partial charge in [0.05, 0.1) is 11.0 Å². The number of carboxylic acids is 1. The Bertz CT molecular complexity index is 306. The predicted octanol–water partition coefficient (Wildman–Crippen LogP) is -0.221. The van der Waals surface area contributed by atoms with Gasteiger partial charge in [0.15, 0.2) is 0 Å². The number of allylic oxidation sites excluding steroid dienone is 1. The van der Waals surface area contributed by atoms with Crippen molar-refractivity contribution >= 4 is 5.97 Å². The summed E-state index contributed by atoms with van der Waals surface area (Å²) in [4.78, 5) is 20.0. The Kier molecular flexibility index (Phi) is 2.43. The van der Waals surface area contributed by atoms with Crippen LogP contribution in [0.2, 0.25) is 0 Å². The zero-order valence-electron chi connectivity index (χ0n) is 6.45. The number of hydrogen-bond acceptors (Lipinski definition) is 4. The molecular formula is C7H7NO5. The molecule has 6 nitrogen and oxygen atoms in total. The molecule has 1 aliphatic carbocycles. The van der Waals surface area contributed by atoms with Crippen LogP contribution in [0.5, 0.6) is 0 Å². The lowest BCUT2D eigenvalue weighted by atomic mass is 9.97. The number of carbonyl (C=O) groups is 1. The molecule has 2 atom stereocenters. The summed E-state index contributed by atoms with van der Waals surface area (Å²) in [6.07, 6.45) is 1.76. The normalized spacial score (nSPS) is 26.7. The number of aliphatic hydroxyl groups excluding tert-OH is 1. The quantitative estimate of drug-likeness (QED) is 0.457. The van der Waals surface area contributed by atoms with Crippen LogP contribution in [0.4, 0.5) is 0 Å². The average molecular weight is 185 g/mol. The number of rotatable bonds is 2. The Morgan fingerprint density at radius 3 is 2.62 bits per heavy atom. The summed E-state index contributed by atoms with van der Waals surface area (Å²) in [5.41, 5.74) is -0.287. The van der Waals surface area contributed by atoms with Crippen LogP contribution in [0.3, 0.4) is 0 Å². The summed E-state index contributed by atoms with van der Waals surface area (Å²) < 4.78 is 0. The predicted molar refractivity (Wildman–Crippen MR) is 41.4 cm³/mol. The molecule has 0 saturated heterocycles. The minimum Gasteiger partial charge on any atom is -0.481 e. The zero-order valence-corrected chi connectivity index (χ0v) is 6.45. The van der Waals surface area contributed by atoms with E-state index in [4.69, 9.17) is 10.2 Å². The summed E-state index contributed by atoms with van der Waals surface area (Å²) >= 11 is 0. The van der Waals surface area contributed by atoms with E-state index in [0.29, 0.717) is 0 Å². The summed E-state index contributed by atoms with van der Waals surface area (Å²) in [6.45, 7) is 0. The van der Waals surface area contributed by atoms with E-state index in [1.165, 1.54) is 0 Å². The van der Waals surface area contributed by atoms with Gasteiger partial charge in [0.1, 0.15) is 5.92 Å². The molecule has 0 fully saturated rings. The van der Waals surface area contributed by atoms with Crippen LogP contribution in [-0.2, 0) is 4.79 Å². The van der Waals surface area contributed by atoms with Crippen LogP contribution in [0.25, 0.3) is 0 Å². The molecule has 0 bridgehead atoms. The van der Waals surface area contributed by atoms with Crippen molar-refractivity contribution in [2.45, 2.75) is 6.10 Å². The highest BCUT2D eigenvalue weighted by molar-refractivity contribution is 5.73. The standard InChI is InChI=1S/C7H7NO5/c9-6-3-4(8(12)13)1-2-5(6)7(10)11/h1-3,5-6,9H,(H,10,11)/t5-,6-/m0/s1. The highest BCUT2D eigenvalue weighted by atomic mass is 16.6. The van der Waals surface area contributed by atoms with Gasteiger partial charge in [-0.3, -0.25) is 14.9 Å². The van der Waals surface area contributed by atoms with Gasteiger partial charge in [-0.25, -0.2) is 0 Å². The molecule has 0 aromatic heterocycles. The molecule has 0 aliphatic heterocycles. The third-order valence-electron chi connectivity index (χ3n) is 1.68. The van der Waals surface area contributed by atoms with Gasteiger partial charge in [-0.2, -0.15) is 0 Å². The topological polar surface area (TPSA) is 101 Å². The van der Waals surface area contributed by atoms with Gasteiger partial charge in [0, 0.05) is 12.2 Å². The van der Waals surface area contributed by atoms with Gasteiger partial charge in [-0.05, 0) is 0 Å². The van der Waals surface area contributed by atoms with E-state index in [1.54, 1.807) is 0 Å². The minimum absolute atomic E-state index is 0.287. The molecule has 0 heterocycles. The number of carboxylic acid groups (broad SMARTS) is 1. The first kappa shape index (κ1) is 9.40. The third-order valence-corrected chi connectivity index (χ3v) is 1.68. The lowest BCUT2D eigenvalue weighted by Gasteiger charge is -2.14. The molecule has 0 spiro atoms. The maximum Gasteiger partial charge on any atom is 0.313 e. The SMILES string of the molecule is O=C(O)[C@H]1C=CC([N+](=O)[O-])=C[C@@H]1O. The number of aliphatic hydroxyl groups is 1. The fourth-order valence-corrected chi connectivity index (χ4v) is 1.00. The molecule has 13 heavy (non-hydrogen) atoms. The molecule has 0 amide bonds. The molecule has 0 unspecified atom stereocenters. The lowest BCUT2D eigenvalue weighted by molar-refractivity contribution is -0.420. The molecule has 70 valence electrons. The number of nitro groups is 1. The van der Waals surface area contributed by atoms with Crippen LogP contribution in [0, 0.1) is 16.0 Å². The van der Waals surface area contributed by atoms with Gasteiger partial charge in [0.2, 0.25) is 0 Å². The smallest absolute Gasteiger partial charge is 0.313 e. The van der Waals surface area contributed by atoms with Gasteiger partial charge in [0.25, 0.3) is 5.70 Å². The second-order valence-electron chi connectivity index (χ2n) is 2.56. The summed E-state index contributed by atoms with van der Waals surface area (Å²) in [7, 11) is 0. The number of hydrogen-bond donors (Lipinski definition) is 2. The Hall–Kier alpha value is -1.69. The monoisotopic (exact) mass is 185 g/mol. The maximum absolute atomic E-state index is 10.4. The van der Waals surface area contributed by atoms with E-state index in [9.17, 15) is 14.9 Å². The van der Waals surface area contributed by atoms with Crippen molar-refractivity contribution in [3.63, 3.8) is 0 Å². The molecule has 0 saturated carbocycles. The van der Waals surface area contributed by atoms with E-state index in [0.717, 1.165) is 18.2 Å². The third kappa shape index (κ3) is 1.91. The van der Waals surface area contributed by atoms with Gasteiger partial charge < -0.3 is 10.2 Å². The van der Waals surface area contributed by atoms with Gasteiger partial charge >= 0.3 is 5.97 Å². The van der Waals surface area contributed by atoms with E-state index >= 15 is 0 Å². The van der Waals surface area contributed by atoms with Crippen molar-refractivity contribution in [1.29, 1.82) is 0 Å². The Labute approximate surface area is 72.9 Å². The molecule has 0 aromatic rings. The second kappa shape index (κ2) is 3.36. The first-order valence-corrected chi connectivity index (χ1v) is 3.47. The van der Waals surface area contributed by atoms with Crippen LogP contribution < -0.4 is 0 Å². The highest BCUT2D eigenvalue weighted by Gasteiger charge is 2.28. The lowest BCUT2D eigenvalue weighted by Crippen LogP contribution is -2.27. The molecule has 1 rings (SSSR count). The van der Waals surface area contributed by atoms with E-state index < -0.39 is 22.9 Å². The highest BCUT2D eigenvalue weighted by Crippen LogP contribution is 2.17. The number of aliphatic carboxylic acids is 1. The van der Waals surface area contributed by atoms with Crippen molar-refractivity contribution in [1.82, 2.24) is 0 Å². The van der Waals surface area contributed by atoms with E-state index in [-0.39, 0.29) is 5.70 Å². The van der Waals surface area contributed by atoms with Gasteiger partial charge in [-0.15, -0.1) is 0 Å². The molecule has 6 heteroatoms. The Morgan fingerprint density at radius 1 is 1.62 bits per heavy atom. The molecule has 1 aliphatic rings. The molecular weight excluding hydrogens is 178 g/mol. The van der Waals surface area contributed by atoms with E-state index in [1.807, 2.05) is 0 Å². The minimum atomic E-state index is -1.33. The largest absolute Gasteiger partial charge is 0.481 e. The second-order valence-corrected chi connectivity index (χ2v) is 2.56. The summed E-state index contributed by atoms with van der Waals surface area (Å²) in [5.74, 6) is -2.30. The molecule has 2 N–H and O–H groups in total. The van der Waals surface area contributed by atoms with Crippen molar-refractivity contribution in [2.75, 3.05) is 0 Å². The van der Waals surface area contributed by atoms with Crippen molar-refractivity contribution in [3.8, 4) is 0 Å². The van der Waals surface area contributed by atoms with Crippen molar-refractivity contribution < 1.29 is 19.9 Å². The fraction of sp³-hybridized carbons (Fsp3) is 0.286. The van der Waals surface area contributed by atoms with E-state index in [2.05, 4.69) is 0 Å². The van der Waals surface area contributed by atoms with Crippen LogP contribution >= 0.6 is 0 Å². The molecule has 0 aromatic carbocycles. The van der Waals surface area contributed by atoms with Crippen LogP contribution in [0.15, 0.2) is 23.9 Å².